The Hall–Kier alpha value is -2.27. The van der Waals surface area contributed by atoms with Gasteiger partial charge in [0, 0.05) is 11.6 Å². The highest BCUT2D eigenvalue weighted by Gasteiger charge is 2.34. The van der Waals surface area contributed by atoms with Crippen molar-refractivity contribution in [3.05, 3.63) is 42.2 Å². The summed E-state index contributed by atoms with van der Waals surface area (Å²) in [7, 11) is 1.62. The first kappa shape index (κ1) is 16.6. The van der Waals surface area contributed by atoms with Gasteiger partial charge in [0.1, 0.15) is 11.5 Å². The molecule has 0 spiro atoms. The van der Waals surface area contributed by atoms with E-state index in [4.69, 9.17) is 9.15 Å². The largest absolute Gasteiger partial charge is 0.497 e. The summed E-state index contributed by atoms with van der Waals surface area (Å²) in [5.41, 5.74) is 0.893. The van der Waals surface area contributed by atoms with E-state index in [1.54, 1.807) is 19.2 Å². The molecule has 1 unspecified atom stereocenters. The summed E-state index contributed by atoms with van der Waals surface area (Å²) in [5, 5.41) is 12.5. The molecule has 1 heterocycles. The number of nitrogens with one attached hydrogen (secondary N) is 1. The van der Waals surface area contributed by atoms with E-state index in [0.717, 1.165) is 30.6 Å². The number of carbonyl (C=O) groups is 1. The van der Waals surface area contributed by atoms with Crippen molar-refractivity contribution in [1.82, 2.24) is 5.32 Å². The predicted octanol–water partition coefficient (Wildman–Crippen LogP) is 3.23. The zero-order chi connectivity index (χ0) is 17.1. The fourth-order valence-corrected chi connectivity index (χ4v) is 3.12. The summed E-state index contributed by atoms with van der Waals surface area (Å²) in [6, 6.07) is 11.1. The Bertz CT molecular complexity index is 686. The Morgan fingerprint density at radius 2 is 2.00 bits per heavy atom. The second kappa shape index (κ2) is 7.09. The minimum atomic E-state index is -0.216. The zero-order valence-electron chi connectivity index (χ0n) is 14.0. The van der Waals surface area contributed by atoms with Crippen molar-refractivity contribution in [2.45, 2.75) is 38.3 Å². The molecule has 1 aliphatic carbocycles. The van der Waals surface area contributed by atoms with Crippen LogP contribution in [0, 0.1) is 5.92 Å². The average molecular weight is 329 g/mol. The molecule has 1 aromatic carbocycles. The molecule has 0 radical (unpaired) electrons. The molecule has 5 heteroatoms. The quantitative estimate of drug-likeness (QED) is 0.853. The molecule has 0 saturated heterocycles. The van der Waals surface area contributed by atoms with Crippen molar-refractivity contribution in [3.8, 4) is 17.1 Å². The van der Waals surface area contributed by atoms with Crippen LogP contribution in [0.3, 0.4) is 0 Å². The topological polar surface area (TPSA) is 71.7 Å². The molecule has 5 nitrogen and oxygen atoms in total. The Balaban J connectivity index is 1.66. The van der Waals surface area contributed by atoms with Gasteiger partial charge < -0.3 is 19.6 Å². The predicted molar refractivity (Wildman–Crippen MR) is 91.0 cm³/mol. The van der Waals surface area contributed by atoms with Crippen LogP contribution in [0.1, 0.15) is 36.7 Å². The molecule has 3 rings (SSSR count). The van der Waals surface area contributed by atoms with E-state index >= 15 is 0 Å². The van der Waals surface area contributed by atoms with E-state index < -0.39 is 0 Å². The third-order valence-electron chi connectivity index (χ3n) is 4.68. The number of hydrogen-bond donors (Lipinski definition) is 2. The molecule has 0 aliphatic heterocycles. The number of carbonyl (C=O) groups excluding carboxylic acids is 1. The van der Waals surface area contributed by atoms with Crippen LogP contribution in [-0.2, 0) is 0 Å². The van der Waals surface area contributed by atoms with E-state index in [2.05, 4.69) is 5.32 Å². The molecule has 1 fully saturated rings. The molecule has 1 amide bonds. The third-order valence-corrected chi connectivity index (χ3v) is 4.68. The van der Waals surface area contributed by atoms with Gasteiger partial charge in [0.25, 0.3) is 5.91 Å². The number of aliphatic hydroxyl groups excluding tert-OH is 1. The van der Waals surface area contributed by atoms with Gasteiger partial charge in [-0.05, 0) is 61.6 Å². The molecule has 1 atom stereocenters. The fourth-order valence-electron chi connectivity index (χ4n) is 3.12. The van der Waals surface area contributed by atoms with Gasteiger partial charge >= 0.3 is 0 Å². The number of amides is 1. The smallest absolute Gasteiger partial charge is 0.287 e. The van der Waals surface area contributed by atoms with E-state index in [0.29, 0.717) is 17.4 Å². The van der Waals surface area contributed by atoms with Crippen molar-refractivity contribution < 1.29 is 19.1 Å². The van der Waals surface area contributed by atoms with Crippen molar-refractivity contribution in [3.63, 3.8) is 0 Å². The Morgan fingerprint density at radius 3 is 2.58 bits per heavy atom. The standard InChI is InChI=1S/C19H23NO4/c1-3-16(13-10-14(21)11-13)20-19(22)18-9-8-17(24-18)12-4-6-15(23-2)7-5-12/h4-9,13-14,16,21H,3,10-11H2,1-2H3,(H,20,22). The monoisotopic (exact) mass is 329 g/mol. The lowest BCUT2D eigenvalue weighted by Crippen LogP contribution is -2.46. The second-order valence-electron chi connectivity index (χ2n) is 6.27. The van der Waals surface area contributed by atoms with Crippen molar-refractivity contribution in [2.24, 2.45) is 5.92 Å². The summed E-state index contributed by atoms with van der Waals surface area (Å²) < 4.78 is 10.8. The average Bonchev–Trinajstić information content (AvgIpc) is 3.07. The van der Waals surface area contributed by atoms with Crippen molar-refractivity contribution in [1.29, 1.82) is 0 Å². The van der Waals surface area contributed by atoms with Crippen LogP contribution in [0.15, 0.2) is 40.8 Å². The molecule has 128 valence electrons. The first-order valence-corrected chi connectivity index (χ1v) is 8.34. The molecule has 24 heavy (non-hydrogen) atoms. The highest BCUT2D eigenvalue weighted by molar-refractivity contribution is 5.92. The molecule has 2 aromatic rings. The maximum absolute atomic E-state index is 12.4. The van der Waals surface area contributed by atoms with Crippen molar-refractivity contribution >= 4 is 5.91 Å². The summed E-state index contributed by atoms with van der Waals surface area (Å²) >= 11 is 0. The first-order valence-electron chi connectivity index (χ1n) is 8.34. The minimum Gasteiger partial charge on any atom is -0.497 e. The second-order valence-corrected chi connectivity index (χ2v) is 6.27. The first-order chi connectivity index (χ1) is 11.6. The molecular weight excluding hydrogens is 306 g/mol. The van der Waals surface area contributed by atoms with Crippen LogP contribution in [0.5, 0.6) is 5.75 Å². The van der Waals surface area contributed by atoms with Crippen LogP contribution < -0.4 is 10.1 Å². The summed E-state index contributed by atoms with van der Waals surface area (Å²) in [4.78, 5) is 12.4. The van der Waals surface area contributed by atoms with Crippen LogP contribution in [-0.4, -0.2) is 30.3 Å². The maximum atomic E-state index is 12.4. The number of furan rings is 1. The van der Waals surface area contributed by atoms with Gasteiger partial charge in [0.15, 0.2) is 5.76 Å². The Kier molecular flexibility index (Phi) is 4.90. The van der Waals surface area contributed by atoms with Crippen molar-refractivity contribution in [2.75, 3.05) is 7.11 Å². The minimum absolute atomic E-state index is 0.0791. The molecule has 0 bridgehead atoms. The van der Waals surface area contributed by atoms with Gasteiger partial charge in [-0.2, -0.15) is 0 Å². The molecule has 1 saturated carbocycles. The highest BCUT2D eigenvalue weighted by Crippen LogP contribution is 2.32. The number of ether oxygens (including phenoxy) is 1. The molecule has 1 aromatic heterocycles. The number of benzene rings is 1. The van der Waals surface area contributed by atoms with E-state index in [9.17, 15) is 9.90 Å². The number of hydrogen-bond acceptors (Lipinski definition) is 4. The normalized spacial score (nSPS) is 21.0. The van der Waals surface area contributed by atoms with Crippen LogP contribution in [0.2, 0.25) is 0 Å². The molecule has 2 N–H and O–H groups in total. The summed E-state index contributed by atoms with van der Waals surface area (Å²) in [5.74, 6) is 1.87. The lowest BCUT2D eigenvalue weighted by molar-refractivity contribution is 0.0230. The number of rotatable bonds is 6. The SMILES string of the molecule is CCC(NC(=O)c1ccc(-c2ccc(OC)cc2)o1)C1CC(O)C1. The maximum Gasteiger partial charge on any atom is 0.287 e. The van der Waals surface area contributed by atoms with Gasteiger partial charge in [-0.25, -0.2) is 0 Å². The molecular formula is C19H23NO4. The van der Waals surface area contributed by atoms with Crippen LogP contribution >= 0.6 is 0 Å². The Morgan fingerprint density at radius 1 is 1.29 bits per heavy atom. The highest BCUT2D eigenvalue weighted by atomic mass is 16.5. The lowest BCUT2D eigenvalue weighted by atomic mass is 9.76. The third kappa shape index (κ3) is 3.46. The van der Waals surface area contributed by atoms with E-state index in [-0.39, 0.29) is 18.1 Å². The summed E-state index contributed by atoms with van der Waals surface area (Å²) in [6.45, 7) is 2.04. The van der Waals surface area contributed by atoms with Crippen LogP contribution in [0.4, 0.5) is 0 Å². The van der Waals surface area contributed by atoms with E-state index in [1.165, 1.54) is 0 Å². The fraction of sp³-hybridized carbons (Fsp3) is 0.421. The van der Waals surface area contributed by atoms with Crippen LogP contribution in [0.25, 0.3) is 11.3 Å². The van der Waals surface area contributed by atoms with Gasteiger partial charge in [0.05, 0.1) is 13.2 Å². The summed E-state index contributed by atoms with van der Waals surface area (Å²) in [6.07, 6.45) is 2.14. The lowest BCUT2D eigenvalue weighted by Gasteiger charge is -2.37. The van der Waals surface area contributed by atoms with Gasteiger partial charge in [-0.15, -0.1) is 0 Å². The van der Waals surface area contributed by atoms with Gasteiger partial charge in [-0.3, -0.25) is 4.79 Å². The van der Waals surface area contributed by atoms with Gasteiger partial charge in [0.2, 0.25) is 0 Å². The Labute approximate surface area is 141 Å². The molecule has 1 aliphatic rings. The van der Waals surface area contributed by atoms with Gasteiger partial charge in [-0.1, -0.05) is 6.92 Å². The number of methoxy groups -OCH3 is 1. The van der Waals surface area contributed by atoms with E-state index in [1.807, 2.05) is 31.2 Å². The number of aliphatic hydroxyl groups is 1. The zero-order valence-corrected chi connectivity index (χ0v) is 14.0.